The van der Waals surface area contributed by atoms with Crippen LogP contribution in [0.2, 0.25) is 0 Å². The van der Waals surface area contributed by atoms with Crippen molar-refractivity contribution in [3.05, 3.63) is 0 Å². The van der Waals surface area contributed by atoms with E-state index in [0.717, 1.165) is 0 Å². The molecule has 0 fully saturated rings. The van der Waals surface area contributed by atoms with Crippen LogP contribution in [0.15, 0.2) is 0 Å². The molecule has 0 spiro atoms. The topological polar surface area (TPSA) is 61.5 Å². The first-order valence-electron chi connectivity index (χ1n) is 5.58. The normalized spacial score (nSPS) is 16.8. The van der Waals surface area contributed by atoms with Gasteiger partial charge in [0.15, 0.2) is 0 Å². The van der Waals surface area contributed by atoms with E-state index < -0.39 is 17.6 Å². The molecule has 0 radical (unpaired) electrons. The van der Waals surface area contributed by atoms with E-state index in [1.807, 2.05) is 41.5 Å². The molecular formula is C12H25NO3. The zero-order valence-corrected chi connectivity index (χ0v) is 11.5. The van der Waals surface area contributed by atoms with Gasteiger partial charge in [0.1, 0.15) is 11.6 Å². The predicted octanol–water partition coefficient (Wildman–Crippen LogP) is 1.86. The first-order chi connectivity index (χ1) is 6.92. The van der Waals surface area contributed by atoms with Gasteiger partial charge >= 0.3 is 5.97 Å². The molecule has 0 aromatic carbocycles. The van der Waals surface area contributed by atoms with Crippen molar-refractivity contribution in [2.75, 3.05) is 0 Å². The molecule has 0 aromatic heterocycles. The van der Waals surface area contributed by atoms with E-state index >= 15 is 0 Å². The summed E-state index contributed by atoms with van der Waals surface area (Å²) in [5.41, 5.74) is 4.94. The Hall–Kier alpha value is -0.610. The fourth-order valence-electron chi connectivity index (χ4n) is 1.19. The summed E-state index contributed by atoms with van der Waals surface area (Å²) in [4.78, 5) is 11.7. The fraction of sp³-hybridized carbons (Fsp3) is 0.917. The average Bonchev–Trinajstić information content (AvgIpc) is 1.96. The number of hydrogen-bond donors (Lipinski definition) is 1. The van der Waals surface area contributed by atoms with E-state index in [0.29, 0.717) is 0 Å². The maximum Gasteiger partial charge on any atom is 0.326 e. The Labute approximate surface area is 98.5 Å². The molecule has 96 valence electrons. The number of carbonyl (C=O) groups excluding carboxylic acids is 1. The lowest BCUT2D eigenvalue weighted by atomic mass is 10.1. The minimum atomic E-state index is -0.751. The molecule has 0 aliphatic rings. The fourth-order valence-corrected chi connectivity index (χ4v) is 1.19. The molecule has 4 nitrogen and oxygen atoms in total. The highest BCUT2D eigenvalue weighted by atomic mass is 16.6. The van der Waals surface area contributed by atoms with Crippen molar-refractivity contribution in [2.45, 2.75) is 71.8 Å². The Morgan fingerprint density at radius 3 is 1.81 bits per heavy atom. The van der Waals surface area contributed by atoms with Crippen LogP contribution in [0.4, 0.5) is 0 Å². The molecule has 0 aliphatic heterocycles. The molecule has 0 heterocycles. The van der Waals surface area contributed by atoms with Crippen LogP contribution in [0, 0.1) is 0 Å². The van der Waals surface area contributed by atoms with E-state index in [1.54, 1.807) is 6.92 Å². The van der Waals surface area contributed by atoms with Crippen LogP contribution in [0.3, 0.4) is 0 Å². The van der Waals surface area contributed by atoms with Crippen LogP contribution < -0.4 is 5.73 Å². The molecule has 0 amide bonds. The zero-order valence-electron chi connectivity index (χ0n) is 11.5. The van der Waals surface area contributed by atoms with Crippen LogP contribution in [-0.4, -0.2) is 29.3 Å². The Kier molecular flexibility index (Phi) is 4.95. The smallest absolute Gasteiger partial charge is 0.326 e. The Morgan fingerprint density at radius 2 is 1.50 bits per heavy atom. The van der Waals surface area contributed by atoms with Crippen LogP contribution in [0.1, 0.15) is 48.5 Å². The summed E-state index contributed by atoms with van der Waals surface area (Å²) in [5.74, 6) is -0.427. The van der Waals surface area contributed by atoms with E-state index in [9.17, 15) is 4.79 Å². The van der Waals surface area contributed by atoms with Crippen LogP contribution in [-0.2, 0) is 14.3 Å². The first kappa shape index (κ1) is 15.4. The van der Waals surface area contributed by atoms with Crippen molar-refractivity contribution in [1.29, 1.82) is 0 Å². The number of ether oxygens (including phenoxy) is 2. The zero-order chi connectivity index (χ0) is 13.1. The summed E-state index contributed by atoms with van der Waals surface area (Å²) < 4.78 is 10.8. The number of esters is 1. The molecule has 2 N–H and O–H groups in total. The third-order valence-electron chi connectivity index (χ3n) is 1.72. The van der Waals surface area contributed by atoms with Gasteiger partial charge in [-0.15, -0.1) is 0 Å². The second kappa shape index (κ2) is 5.15. The van der Waals surface area contributed by atoms with Gasteiger partial charge in [0, 0.05) is 0 Å². The number of nitrogens with two attached hydrogens (primary N) is 1. The van der Waals surface area contributed by atoms with Gasteiger partial charge in [-0.25, -0.2) is 0 Å². The molecule has 2 atom stereocenters. The summed E-state index contributed by atoms with van der Waals surface area (Å²) in [6.45, 7) is 13.0. The Morgan fingerprint density at radius 1 is 1.06 bits per heavy atom. The number of carbonyl (C=O) groups is 1. The van der Waals surface area contributed by atoms with Crippen LogP contribution >= 0.6 is 0 Å². The molecule has 0 saturated carbocycles. The van der Waals surface area contributed by atoms with Crippen molar-refractivity contribution < 1.29 is 14.3 Å². The number of rotatable bonds is 3. The Balaban J connectivity index is 4.34. The predicted molar refractivity (Wildman–Crippen MR) is 64.1 cm³/mol. The standard InChI is InChI=1S/C12H25NO3/c1-8(15-11(2,3)4)9(13)10(14)16-12(5,6)7/h8-9H,13H2,1-7H3/t8-,9-/m1/s1. The average molecular weight is 231 g/mol. The molecule has 0 aliphatic carbocycles. The van der Waals surface area contributed by atoms with Gasteiger partial charge in [0.2, 0.25) is 0 Å². The Bertz CT molecular complexity index is 238. The second-order valence-electron chi connectivity index (χ2n) is 5.99. The van der Waals surface area contributed by atoms with Gasteiger partial charge in [-0.3, -0.25) is 4.79 Å². The molecule has 16 heavy (non-hydrogen) atoms. The van der Waals surface area contributed by atoms with Crippen molar-refractivity contribution in [3.63, 3.8) is 0 Å². The second-order valence-corrected chi connectivity index (χ2v) is 5.99. The van der Waals surface area contributed by atoms with E-state index in [-0.39, 0.29) is 11.7 Å². The lowest BCUT2D eigenvalue weighted by Gasteiger charge is -2.29. The van der Waals surface area contributed by atoms with Crippen molar-refractivity contribution in [2.24, 2.45) is 5.73 Å². The van der Waals surface area contributed by atoms with Gasteiger partial charge in [-0.1, -0.05) is 0 Å². The monoisotopic (exact) mass is 231 g/mol. The van der Waals surface area contributed by atoms with Crippen molar-refractivity contribution in [3.8, 4) is 0 Å². The highest BCUT2D eigenvalue weighted by Gasteiger charge is 2.29. The third kappa shape index (κ3) is 6.80. The van der Waals surface area contributed by atoms with Crippen LogP contribution in [0.25, 0.3) is 0 Å². The molecule has 0 bridgehead atoms. The minimum Gasteiger partial charge on any atom is -0.459 e. The van der Waals surface area contributed by atoms with Crippen molar-refractivity contribution >= 4 is 5.97 Å². The SMILES string of the molecule is C[C@@H](OC(C)(C)C)[C@@H](N)C(=O)OC(C)(C)C. The van der Waals surface area contributed by atoms with Gasteiger partial charge in [-0.05, 0) is 48.5 Å². The summed E-state index contributed by atoms with van der Waals surface area (Å²) in [6, 6.07) is -0.751. The highest BCUT2D eigenvalue weighted by Crippen LogP contribution is 2.15. The minimum absolute atomic E-state index is 0.320. The van der Waals surface area contributed by atoms with Crippen molar-refractivity contribution in [1.82, 2.24) is 0 Å². The van der Waals surface area contributed by atoms with Gasteiger partial charge in [-0.2, -0.15) is 0 Å². The van der Waals surface area contributed by atoms with E-state index in [4.69, 9.17) is 15.2 Å². The van der Waals surface area contributed by atoms with E-state index in [2.05, 4.69) is 0 Å². The summed E-state index contributed by atoms with van der Waals surface area (Å²) in [7, 11) is 0. The van der Waals surface area contributed by atoms with Gasteiger partial charge < -0.3 is 15.2 Å². The lowest BCUT2D eigenvalue weighted by molar-refractivity contribution is -0.162. The van der Waals surface area contributed by atoms with Crippen LogP contribution in [0.5, 0.6) is 0 Å². The third-order valence-corrected chi connectivity index (χ3v) is 1.72. The summed E-state index contributed by atoms with van der Waals surface area (Å²) in [5, 5.41) is 0. The molecule has 4 heteroatoms. The largest absolute Gasteiger partial charge is 0.459 e. The quantitative estimate of drug-likeness (QED) is 0.753. The molecule has 0 rings (SSSR count). The van der Waals surface area contributed by atoms with E-state index in [1.165, 1.54) is 0 Å². The first-order valence-corrected chi connectivity index (χ1v) is 5.58. The summed E-state index contributed by atoms with van der Waals surface area (Å²) in [6.07, 6.45) is -0.366. The molecule has 0 aromatic rings. The summed E-state index contributed by atoms with van der Waals surface area (Å²) >= 11 is 0. The molecular weight excluding hydrogens is 206 g/mol. The highest BCUT2D eigenvalue weighted by molar-refractivity contribution is 5.76. The maximum absolute atomic E-state index is 11.7. The molecule has 0 unspecified atom stereocenters. The maximum atomic E-state index is 11.7. The van der Waals surface area contributed by atoms with Gasteiger partial charge in [0.25, 0.3) is 0 Å². The van der Waals surface area contributed by atoms with Gasteiger partial charge in [0.05, 0.1) is 11.7 Å². The molecule has 0 saturated heterocycles. The lowest BCUT2D eigenvalue weighted by Crippen LogP contribution is -2.47. The number of hydrogen-bond acceptors (Lipinski definition) is 4.